The number of thioether (sulfide) groups is 1. The van der Waals surface area contributed by atoms with E-state index in [0.29, 0.717) is 22.2 Å². The van der Waals surface area contributed by atoms with Crippen molar-refractivity contribution < 1.29 is 4.42 Å². The van der Waals surface area contributed by atoms with Gasteiger partial charge in [-0.25, -0.2) is 9.97 Å². The van der Waals surface area contributed by atoms with Gasteiger partial charge in [-0.15, -0.1) is 22.7 Å². The molecule has 1 N–H and O–H groups in total. The Morgan fingerprint density at radius 3 is 3.00 bits per heavy atom. The van der Waals surface area contributed by atoms with Crippen molar-refractivity contribution in [3.63, 3.8) is 0 Å². The summed E-state index contributed by atoms with van der Waals surface area (Å²) in [7, 11) is 0. The highest BCUT2D eigenvalue weighted by molar-refractivity contribution is 7.98. The number of thiophene rings is 2. The summed E-state index contributed by atoms with van der Waals surface area (Å²) >= 11 is 4.51. The van der Waals surface area contributed by atoms with Crippen molar-refractivity contribution in [2.45, 2.75) is 17.8 Å². The smallest absolute Gasteiger partial charge is 0.260 e. The number of fused-ring (bicyclic) bond motifs is 1. The van der Waals surface area contributed by atoms with E-state index in [2.05, 4.69) is 15.0 Å². The van der Waals surface area contributed by atoms with E-state index in [1.807, 2.05) is 29.8 Å². The topological polar surface area (TPSA) is 71.8 Å². The molecule has 0 radical (unpaired) electrons. The van der Waals surface area contributed by atoms with E-state index in [-0.39, 0.29) is 5.56 Å². The standard InChI is InChI=1S/C15H11N3O2S3/c1-8-10(16-13(20-8)11-3-2-5-21-11)7-23-15-17-12(19)9-4-6-22-14(9)18-15/h2-6H,7H2,1H3,(H,17,18,19). The van der Waals surface area contributed by atoms with Crippen LogP contribution in [-0.2, 0) is 5.75 Å². The molecule has 23 heavy (non-hydrogen) atoms. The summed E-state index contributed by atoms with van der Waals surface area (Å²) in [6.07, 6.45) is 0. The van der Waals surface area contributed by atoms with Crippen molar-refractivity contribution in [1.82, 2.24) is 15.0 Å². The van der Waals surface area contributed by atoms with Gasteiger partial charge in [0, 0.05) is 5.75 Å². The molecule has 0 fully saturated rings. The van der Waals surface area contributed by atoms with E-state index in [1.165, 1.54) is 23.1 Å². The lowest BCUT2D eigenvalue weighted by Crippen LogP contribution is -2.07. The number of hydrogen-bond acceptors (Lipinski definition) is 7. The molecule has 0 aromatic carbocycles. The van der Waals surface area contributed by atoms with Crippen LogP contribution in [0.2, 0.25) is 0 Å². The van der Waals surface area contributed by atoms with Crippen LogP contribution >= 0.6 is 34.4 Å². The predicted octanol–water partition coefficient (Wildman–Crippen LogP) is 4.30. The first-order valence-electron chi connectivity index (χ1n) is 6.81. The number of nitrogens with zero attached hydrogens (tertiary/aromatic N) is 2. The number of hydrogen-bond donors (Lipinski definition) is 1. The van der Waals surface area contributed by atoms with E-state index >= 15 is 0 Å². The van der Waals surface area contributed by atoms with Crippen LogP contribution in [0.3, 0.4) is 0 Å². The van der Waals surface area contributed by atoms with Gasteiger partial charge >= 0.3 is 0 Å². The Bertz CT molecular complexity index is 1010. The zero-order chi connectivity index (χ0) is 15.8. The number of nitrogens with one attached hydrogen (secondary N) is 1. The molecule has 0 aliphatic rings. The highest BCUT2D eigenvalue weighted by atomic mass is 32.2. The lowest BCUT2D eigenvalue weighted by Gasteiger charge is -1.99. The van der Waals surface area contributed by atoms with Crippen LogP contribution in [0.1, 0.15) is 11.5 Å². The first-order valence-corrected chi connectivity index (χ1v) is 9.56. The third kappa shape index (κ3) is 2.85. The predicted molar refractivity (Wildman–Crippen MR) is 94.4 cm³/mol. The van der Waals surface area contributed by atoms with Crippen LogP contribution in [0.25, 0.3) is 21.0 Å². The minimum Gasteiger partial charge on any atom is -0.440 e. The molecule has 5 nitrogen and oxygen atoms in total. The van der Waals surface area contributed by atoms with Gasteiger partial charge in [-0.05, 0) is 29.8 Å². The quantitative estimate of drug-likeness (QED) is 0.433. The minimum atomic E-state index is -0.102. The molecule has 0 aliphatic carbocycles. The van der Waals surface area contributed by atoms with Crippen LogP contribution in [0.4, 0.5) is 0 Å². The summed E-state index contributed by atoms with van der Waals surface area (Å²) < 4.78 is 5.72. The van der Waals surface area contributed by atoms with Gasteiger partial charge in [-0.3, -0.25) is 4.79 Å². The van der Waals surface area contributed by atoms with E-state index in [1.54, 1.807) is 17.4 Å². The molecule has 4 heterocycles. The zero-order valence-corrected chi connectivity index (χ0v) is 14.5. The second-order valence-corrected chi connectivity index (χ2v) is 7.60. The van der Waals surface area contributed by atoms with Gasteiger partial charge in [0.1, 0.15) is 10.6 Å². The fraction of sp³-hybridized carbons (Fsp3) is 0.133. The van der Waals surface area contributed by atoms with Gasteiger partial charge < -0.3 is 9.40 Å². The molecule has 0 unspecified atom stereocenters. The Hall–Kier alpha value is -1.90. The van der Waals surface area contributed by atoms with Crippen molar-refractivity contribution in [2.24, 2.45) is 0 Å². The fourth-order valence-electron chi connectivity index (χ4n) is 2.12. The first kappa shape index (κ1) is 14.7. The van der Waals surface area contributed by atoms with Crippen LogP contribution in [0.5, 0.6) is 0 Å². The van der Waals surface area contributed by atoms with Gasteiger partial charge in [-0.2, -0.15) is 0 Å². The van der Waals surface area contributed by atoms with E-state index in [0.717, 1.165) is 21.2 Å². The molecule has 116 valence electrons. The zero-order valence-electron chi connectivity index (χ0n) is 12.0. The Kier molecular flexibility index (Phi) is 3.80. The maximum absolute atomic E-state index is 12.0. The summed E-state index contributed by atoms with van der Waals surface area (Å²) in [6.45, 7) is 1.90. The number of aromatic amines is 1. The minimum absolute atomic E-state index is 0.102. The Morgan fingerprint density at radius 1 is 1.26 bits per heavy atom. The third-order valence-electron chi connectivity index (χ3n) is 3.28. The van der Waals surface area contributed by atoms with Crippen LogP contribution in [-0.4, -0.2) is 15.0 Å². The monoisotopic (exact) mass is 361 g/mol. The average Bonchev–Trinajstić information content (AvgIpc) is 3.25. The number of aromatic nitrogens is 3. The Labute approximate surface area is 143 Å². The highest BCUT2D eigenvalue weighted by Gasteiger charge is 2.13. The Balaban J connectivity index is 1.57. The summed E-state index contributed by atoms with van der Waals surface area (Å²) in [4.78, 5) is 25.6. The summed E-state index contributed by atoms with van der Waals surface area (Å²) in [5, 5.41) is 5.10. The van der Waals surface area contributed by atoms with Crippen molar-refractivity contribution in [3.8, 4) is 10.8 Å². The van der Waals surface area contributed by atoms with Crippen LogP contribution in [0.15, 0.2) is 43.3 Å². The molecular formula is C15H11N3O2S3. The third-order valence-corrected chi connectivity index (χ3v) is 5.83. The first-order chi connectivity index (χ1) is 11.2. The maximum atomic E-state index is 12.0. The molecular weight excluding hydrogens is 350 g/mol. The lowest BCUT2D eigenvalue weighted by molar-refractivity contribution is 0.542. The molecule has 0 aliphatic heterocycles. The molecule has 0 spiro atoms. The van der Waals surface area contributed by atoms with E-state index in [4.69, 9.17) is 4.42 Å². The molecule has 4 aromatic rings. The average molecular weight is 361 g/mol. The molecule has 0 bridgehead atoms. The maximum Gasteiger partial charge on any atom is 0.260 e. The van der Waals surface area contributed by atoms with Crippen molar-refractivity contribution >= 4 is 44.7 Å². The largest absolute Gasteiger partial charge is 0.440 e. The van der Waals surface area contributed by atoms with Gasteiger partial charge in [0.15, 0.2) is 5.16 Å². The van der Waals surface area contributed by atoms with Gasteiger partial charge in [0.25, 0.3) is 5.56 Å². The molecule has 0 atom stereocenters. The second-order valence-electron chi connectivity index (χ2n) is 4.80. The van der Waals surface area contributed by atoms with E-state index < -0.39 is 0 Å². The molecule has 0 saturated heterocycles. The molecule has 8 heteroatoms. The molecule has 0 saturated carbocycles. The number of H-pyrrole nitrogens is 1. The summed E-state index contributed by atoms with van der Waals surface area (Å²) in [6, 6.07) is 5.74. The van der Waals surface area contributed by atoms with Crippen molar-refractivity contribution in [1.29, 1.82) is 0 Å². The number of oxazole rings is 1. The normalized spacial score (nSPS) is 11.3. The van der Waals surface area contributed by atoms with Gasteiger partial charge in [0.2, 0.25) is 5.89 Å². The number of rotatable bonds is 4. The van der Waals surface area contributed by atoms with Crippen LogP contribution in [0, 0.1) is 6.92 Å². The van der Waals surface area contributed by atoms with Crippen molar-refractivity contribution in [2.75, 3.05) is 0 Å². The Morgan fingerprint density at radius 2 is 2.17 bits per heavy atom. The van der Waals surface area contributed by atoms with E-state index in [9.17, 15) is 4.79 Å². The summed E-state index contributed by atoms with van der Waals surface area (Å²) in [5.41, 5.74) is 0.766. The lowest BCUT2D eigenvalue weighted by atomic mass is 10.4. The number of aryl methyl sites for hydroxylation is 1. The fourth-order valence-corrected chi connectivity index (χ4v) is 4.45. The highest BCUT2D eigenvalue weighted by Crippen LogP contribution is 2.29. The summed E-state index contributed by atoms with van der Waals surface area (Å²) in [5.74, 6) is 2.03. The van der Waals surface area contributed by atoms with Gasteiger partial charge in [0.05, 0.1) is 16.0 Å². The SMILES string of the molecule is Cc1oc(-c2cccs2)nc1CSc1nc2sccc2c(=O)[nH]1. The molecule has 4 aromatic heterocycles. The molecule has 0 amide bonds. The molecule has 4 rings (SSSR count). The van der Waals surface area contributed by atoms with Crippen LogP contribution < -0.4 is 5.56 Å². The second kappa shape index (κ2) is 5.95. The van der Waals surface area contributed by atoms with Gasteiger partial charge in [-0.1, -0.05) is 17.8 Å². The van der Waals surface area contributed by atoms with Crippen molar-refractivity contribution in [3.05, 3.63) is 50.8 Å².